The Bertz CT molecular complexity index is 1370. The predicted octanol–water partition coefficient (Wildman–Crippen LogP) is 4.28. The molecule has 172 valence electrons. The van der Waals surface area contributed by atoms with E-state index in [0.29, 0.717) is 17.1 Å². The summed E-state index contributed by atoms with van der Waals surface area (Å²) in [6, 6.07) is 10.1. The Labute approximate surface area is 199 Å². The molecule has 0 aliphatic rings. The maximum atomic E-state index is 12.4. The first-order valence-corrected chi connectivity index (χ1v) is 11.7. The van der Waals surface area contributed by atoms with Gasteiger partial charge in [-0.15, -0.1) is 0 Å². The predicted molar refractivity (Wildman–Crippen MR) is 125 cm³/mol. The van der Waals surface area contributed by atoms with Crippen molar-refractivity contribution < 1.29 is 18.1 Å². The smallest absolute Gasteiger partial charge is 0.270 e. The summed E-state index contributed by atoms with van der Waals surface area (Å²) < 4.78 is 28.4. The molecule has 33 heavy (non-hydrogen) atoms. The fraction of sp³-hybridized carbons (Fsp3) is 0.143. The molecule has 9 nitrogen and oxygen atoms in total. The van der Waals surface area contributed by atoms with E-state index in [9.17, 15) is 23.3 Å². The summed E-state index contributed by atoms with van der Waals surface area (Å²) in [6.45, 7) is 3.67. The van der Waals surface area contributed by atoms with Crippen LogP contribution in [0.25, 0.3) is 6.08 Å². The summed E-state index contributed by atoms with van der Waals surface area (Å²) in [5, 5.41) is 11.2. The molecule has 1 heterocycles. The van der Waals surface area contributed by atoms with Crippen molar-refractivity contribution in [3.63, 3.8) is 0 Å². The average Bonchev–Trinajstić information content (AvgIpc) is 3.00. The highest BCUT2D eigenvalue weighted by Gasteiger charge is 2.18. The first-order valence-electron chi connectivity index (χ1n) is 9.45. The van der Waals surface area contributed by atoms with E-state index in [-0.39, 0.29) is 27.3 Å². The highest BCUT2D eigenvalue weighted by atomic mass is 35.5. The number of amides is 1. The van der Waals surface area contributed by atoms with E-state index in [4.69, 9.17) is 23.2 Å². The first kappa shape index (κ1) is 24.4. The normalized spacial score (nSPS) is 11.6. The lowest BCUT2D eigenvalue weighted by Gasteiger charge is -2.10. The van der Waals surface area contributed by atoms with Gasteiger partial charge in [0, 0.05) is 18.2 Å². The zero-order valence-corrected chi connectivity index (χ0v) is 19.8. The number of imidazole rings is 1. The van der Waals surface area contributed by atoms with Crippen molar-refractivity contribution in [2.45, 2.75) is 25.3 Å². The first-order chi connectivity index (χ1) is 15.5. The number of hydrogen-bond donors (Lipinski definition) is 1. The zero-order valence-electron chi connectivity index (χ0n) is 17.5. The van der Waals surface area contributed by atoms with Crippen LogP contribution in [0.5, 0.6) is 0 Å². The highest BCUT2D eigenvalue weighted by Crippen LogP contribution is 2.26. The average molecular weight is 509 g/mol. The van der Waals surface area contributed by atoms with E-state index in [1.54, 1.807) is 23.6 Å². The van der Waals surface area contributed by atoms with Crippen LogP contribution in [-0.4, -0.2) is 28.8 Å². The molecule has 0 aliphatic heterocycles. The van der Waals surface area contributed by atoms with Crippen LogP contribution in [0.4, 0.5) is 5.69 Å². The molecule has 0 spiro atoms. The van der Waals surface area contributed by atoms with Gasteiger partial charge in [-0.1, -0.05) is 40.9 Å². The lowest BCUT2D eigenvalue weighted by molar-refractivity contribution is -0.384. The molecule has 0 atom stereocenters. The minimum Gasteiger partial charge on any atom is -0.323 e. The molecular weight excluding hydrogens is 491 g/mol. The van der Waals surface area contributed by atoms with Crippen molar-refractivity contribution in [2.24, 2.45) is 0 Å². The molecule has 0 bridgehead atoms. The fourth-order valence-corrected chi connectivity index (χ4v) is 4.42. The van der Waals surface area contributed by atoms with Gasteiger partial charge in [0.05, 0.1) is 27.1 Å². The lowest BCUT2D eigenvalue weighted by Crippen LogP contribution is -2.29. The van der Waals surface area contributed by atoms with Crippen LogP contribution < -0.4 is 4.72 Å². The molecule has 1 amide bonds. The van der Waals surface area contributed by atoms with E-state index in [0.717, 1.165) is 11.6 Å². The number of sulfonamides is 1. The van der Waals surface area contributed by atoms with Gasteiger partial charge in [-0.2, -0.15) is 0 Å². The molecule has 0 saturated carbocycles. The quantitative estimate of drug-likeness (QED) is 0.288. The number of aromatic nitrogens is 2. The summed E-state index contributed by atoms with van der Waals surface area (Å²) in [7, 11) is -4.04. The zero-order chi connectivity index (χ0) is 24.3. The minimum absolute atomic E-state index is 0.0402. The number of hydrogen-bond acceptors (Lipinski definition) is 6. The third kappa shape index (κ3) is 5.78. The molecule has 3 rings (SSSR count). The molecule has 0 aliphatic carbocycles. The van der Waals surface area contributed by atoms with Gasteiger partial charge in [-0.3, -0.25) is 14.9 Å². The van der Waals surface area contributed by atoms with Gasteiger partial charge < -0.3 is 4.57 Å². The number of carbonyl (C=O) groups is 1. The maximum absolute atomic E-state index is 12.4. The summed E-state index contributed by atoms with van der Waals surface area (Å²) in [6.07, 6.45) is 2.36. The number of aryl methyl sites for hydroxylation is 2. The summed E-state index contributed by atoms with van der Waals surface area (Å²) in [4.78, 5) is 26.8. The van der Waals surface area contributed by atoms with Crippen molar-refractivity contribution in [2.75, 3.05) is 0 Å². The molecule has 0 radical (unpaired) electrons. The number of halogens is 2. The van der Waals surface area contributed by atoms with E-state index in [1.807, 2.05) is 11.6 Å². The van der Waals surface area contributed by atoms with Gasteiger partial charge in [0.25, 0.3) is 21.6 Å². The Balaban J connectivity index is 1.82. The Morgan fingerprint density at radius 3 is 2.45 bits per heavy atom. The number of nitro groups is 1. The molecule has 2 aromatic carbocycles. The van der Waals surface area contributed by atoms with Crippen LogP contribution in [0.2, 0.25) is 10.2 Å². The number of nitro benzene ring substituents is 1. The van der Waals surface area contributed by atoms with E-state index in [1.165, 1.54) is 36.4 Å². The number of rotatable bonds is 7. The van der Waals surface area contributed by atoms with Crippen molar-refractivity contribution >= 4 is 50.9 Å². The summed E-state index contributed by atoms with van der Waals surface area (Å²) in [5.74, 6) is -0.368. The van der Waals surface area contributed by atoms with Gasteiger partial charge in [0.1, 0.15) is 5.82 Å². The molecular formula is C21H18Cl2N4O5S. The molecule has 0 saturated heterocycles. The number of benzene rings is 2. The molecule has 1 aromatic heterocycles. The Hall–Kier alpha value is -3.21. The van der Waals surface area contributed by atoms with Crippen LogP contribution >= 0.6 is 23.2 Å². The minimum atomic E-state index is -4.04. The van der Waals surface area contributed by atoms with Crippen LogP contribution in [-0.2, 0) is 21.4 Å². The Morgan fingerprint density at radius 2 is 1.85 bits per heavy atom. The van der Waals surface area contributed by atoms with Crippen LogP contribution in [0.1, 0.15) is 22.6 Å². The molecule has 0 unspecified atom stereocenters. The Kier molecular flexibility index (Phi) is 7.21. The fourth-order valence-electron chi connectivity index (χ4n) is 2.95. The second kappa shape index (κ2) is 9.74. The van der Waals surface area contributed by atoms with Crippen LogP contribution in [0.15, 0.2) is 53.4 Å². The van der Waals surface area contributed by atoms with E-state index < -0.39 is 20.9 Å². The Morgan fingerprint density at radius 1 is 1.18 bits per heavy atom. The molecule has 12 heteroatoms. The second-order valence-corrected chi connectivity index (χ2v) is 9.52. The SMILES string of the molecule is Cc1ccc(S(=O)(=O)NC(=O)/C=C/c2c(Cl)nc(C)n2Cc2ccc([N+](=O)[O-])cc2Cl)cc1. The van der Waals surface area contributed by atoms with Crippen LogP contribution in [0.3, 0.4) is 0 Å². The van der Waals surface area contributed by atoms with Gasteiger partial charge in [0.2, 0.25) is 0 Å². The highest BCUT2D eigenvalue weighted by molar-refractivity contribution is 7.90. The van der Waals surface area contributed by atoms with Gasteiger partial charge in [-0.25, -0.2) is 18.1 Å². The van der Waals surface area contributed by atoms with Gasteiger partial charge in [0.15, 0.2) is 5.15 Å². The maximum Gasteiger partial charge on any atom is 0.270 e. The van der Waals surface area contributed by atoms with Crippen molar-refractivity contribution in [3.8, 4) is 0 Å². The van der Waals surface area contributed by atoms with Crippen LogP contribution in [0, 0.1) is 24.0 Å². The lowest BCUT2D eigenvalue weighted by atomic mass is 10.2. The monoisotopic (exact) mass is 508 g/mol. The van der Waals surface area contributed by atoms with Crippen molar-refractivity contribution in [1.82, 2.24) is 14.3 Å². The number of nitrogens with one attached hydrogen (secondary N) is 1. The standard InChI is InChI=1S/C21H18Cl2N4O5S/c1-13-3-7-17(8-4-13)33(31,32)25-20(28)10-9-19-21(23)24-14(2)26(19)12-15-5-6-16(27(29)30)11-18(15)22/h3-11H,12H2,1-2H3,(H,25,28)/b10-9+. The van der Waals surface area contributed by atoms with Crippen molar-refractivity contribution in [1.29, 1.82) is 0 Å². The van der Waals surface area contributed by atoms with Gasteiger partial charge in [-0.05, 0) is 43.7 Å². The third-order valence-electron chi connectivity index (χ3n) is 4.69. The topological polar surface area (TPSA) is 124 Å². The van der Waals surface area contributed by atoms with Gasteiger partial charge >= 0.3 is 0 Å². The molecule has 1 N–H and O–H groups in total. The number of nitrogens with zero attached hydrogens (tertiary/aromatic N) is 3. The number of non-ortho nitro benzene ring substituents is 1. The van der Waals surface area contributed by atoms with E-state index in [2.05, 4.69) is 4.98 Å². The molecule has 0 fully saturated rings. The number of carbonyl (C=O) groups excluding carboxylic acids is 1. The van der Waals surface area contributed by atoms with Crippen molar-refractivity contribution in [3.05, 3.63) is 91.5 Å². The third-order valence-corrected chi connectivity index (χ3v) is 6.68. The second-order valence-electron chi connectivity index (χ2n) is 7.07. The van der Waals surface area contributed by atoms with E-state index >= 15 is 0 Å². The summed E-state index contributed by atoms with van der Waals surface area (Å²) >= 11 is 12.4. The largest absolute Gasteiger partial charge is 0.323 e. The summed E-state index contributed by atoms with van der Waals surface area (Å²) in [5.41, 5.74) is 1.65. The molecule has 3 aromatic rings.